The molecule has 4 heteroatoms. The summed E-state index contributed by atoms with van der Waals surface area (Å²) < 4.78 is 2.43. The second kappa shape index (κ2) is 10.3. The minimum Gasteiger partial charge on any atom is -0.309 e. The predicted molar refractivity (Wildman–Crippen MR) is 189 cm³/mol. The van der Waals surface area contributed by atoms with Crippen LogP contribution in [0.1, 0.15) is 50.7 Å². The quantitative estimate of drug-likeness (QED) is 0.204. The molecule has 9 rings (SSSR count). The van der Waals surface area contributed by atoms with Gasteiger partial charge in [0.2, 0.25) is 0 Å². The van der Waals surface area contributed by atoms with Crippen LogP contribution in [0, 0.1) is 0 Å². The SMILES string of the molecule is CC1(C)C2=C(CCCC2)c2cc3c(cc21)c1ccccc1n3-c1cccc(-c2nc(-c3ccccc3)nc(-c3ccccc3)n2)c1. The molecule has 2 aliphatic carbocycles. The highest BCUT2D eigenvalue weighted by molar-refractivity contribution is 6.11. The van der Waals surface area contributed by atoms with Crippen LogP contribution in [0.4, 0.5) is 0 Å². The summed E-state index contributed by atoms with van der Waals surface area (Å²) in [4.78, 5) is 14.9. The fraction of sp³-hybridized carbons (Fsp3) is 0.167. The monoisotopic (exact) mass is 594 g/mol. The van der Waals surface area contributed by atoms with E-state index in [1.54, 1.807) is 11.1 Å². The van der Waals surface area contributed by atoms with Crippen molar-refractivity contribution in [3.05, 3.63) is 138 Å². The lowest BCUT2D eigenvalue weighted by Crippen LogP contribution is -2.18. The zero-order valence-corrected chi connectivity index (χ0v) is 26.2. The van der Waals surface area contributed by atoms with E-state index in [1.807, 2.05) is 36.4 Å². The van der Waals surface area contributed by atoms with Crippen LogP contribution in [0.15, 0.2) is 127 Å². The molecule has 5 aromatic carbocycles. The number of nitrogens with zero attached hydrogens (tertiary/aromatic N) is 4. The van der Waals surface area contributed by atoms with E-state index < -0.39 is 0 Å². The van der Waals surface area contributed by atoms with Crippen molar-refractivity contribution in [3.8, 4) is 39.9 Å². The molecule has 2 aliphatic rings. The first-order valence-corrected chi connectivity index (χ1v) is 16.3. The third-order valence-corrected chi connectivity index (χ3v) is 10.1. The average molecular weight is 595 g/mol. The zero-order chi connectivity index (χ0) is 30.8. The summed E-state index contributed by atoms with van der Waals surface area (Å²) in [6.45, 7) is 4.85. The predicted octanol–water partition coefficient (Wildman–Crippen LogP) is 10.6. The molecule has 0 N–H and O–H groups in total. The van der Waals surface area contributed by atoms with E-state index in [-0.39, 0.29) is 5.41 Å². The average Bonchev–Trinajstić information content (AvgIpc) is 3.56. The Kier molecular flexibility index (Phi) is 6.08. The molecule has 4 nitrogen and oxygen atoms in total. The van der Waals surface area contributed by atoms with Gasteiger partial charge in [-0.3, -0.25) is 0 Å². The van der Waals surface area contributed by atoms with Gasteiger partial charge in [-0.1, -0.05) is 110 Å². The van der Waals surface area contributed by atoms with Gasteiger partial charge in [0.15, 0.2) is 17.5 Å². The first-order valence-electron chi connectivity index (χ1n) is 16.3. The molecule has 0 amide bonds. The first kappa shape index (κ1) is 27.0. The molecule has 0 bridgehead atoms. The molecule has 0 spiro atoms. The van der Waals surface area contributed by atoms with Gasteiger partial charge in [-0.2, -0.15) is 0 Å². The second-order valence-electron chi connectivity index (χ2n) is 13.1. The van der Waals surface area contributed by atoms with Gasteiger partial charge in [-0.15, -0.1) is 0 Å². The number of hydrogen-bond acceptors (Lipinski definition) is 3. The van der Waals surface area contributed by atoms with Crippen LogP contribution in [-0.2, 0) is 5.41 Å². The summed E-state index contributed by atoms with van der Waals surface area (Å²) in [5.41, 5.74) is 12.7. The van der Waals surface area contributed by atoms with Gasteiger partial charge in [0.05, 0.1) is 11.0 Å². The molecular weight excluding hydrogens is 560 g/mol. The molecule has 0 atom stereocenters. The van der Waals surface area contributed by atoms with Gasteiger partial charge in [-0.25, -0.2) is 15.0 Å². The maximum absolute atomic E-state index is 5.02. The van der Waals surface area contributed by atoms with Crippen molar-refractivity contribution in [2.75, 3.05) is 0 Å². The van der Waals surface area contributed by atoms with Crippen molar-refractivity contribution in [3.63, 3.8) is 0 Å². The number of rotatable bonds is 4. The summed E-state index contributed by atoms with van der Waals surface area (Å²) in [5.74, 6) is 2.00. The zero-order valence-electron chi connectivity index (χ0n) is 26.2. The summed E-state index contributed by atoms with van der Waals surface area (Å²) in [6.07, 6.45) is 4.97. The lowest BCUT2D eigenvalue weighted by molar-refractivity contribution is 0.574. The van der Waals surface area contributed by atoms with E-state index in [2.05, 4.69) is 103 Å². The van der Waals surface area contributed by atoms with E-state index in [1.165, 1.54) is 58.6 Å². The number of para-hydroxylation sites is 1. The minimum atomic E-state index is 0.0774. The Morgan fingerprint density at radius 1 is 0.543 bits per heavy atom. The molecule has 0 saturated heterocycles. The molecule has 2 heterocycles. The Bertz CT molecular complexity index is 2270. The van der Waals surface area contributed by atoms with E-state index in [9.17, 15) is 0 Å². The van der Waals surface area contributed by atoms with Gasteiger partial charge in [0, 0.05) is 38.6 Å². The van der Waals surface area contributed by atoms with Crippen LogP contribution in [0.25, 0.3) is 67.2 Å². The Labute approximate surface area is 269 Å². The molecule has 7 aromatic rings. The van der Waals surface area contributed by atoms with Crippen molar-refractivity contribution < 1.29 is 0 Å². The summed E-state index contributed by atoms with van der Waals surface area (Å²) in [5, 5.41) is 2.59. The standard InChI is InChI=1S/C42H34N4/c1-42(2)35-22-11-9-20-31(35)33-26-38-34(25-36(33)42)32-21-10-12-23-37(32)46(38)30-19-13-18-29(24-30)41-44-39(27-14-5-3-6-15-27)43-40(45-41)28-16-7-4-8-17-28/h3-8,10,12-19,21,23-26H,9,11,20,22H2,1-2H3. The third kappa shape index (κ3) is 4.17. The van der Waals surface area contributed by atoms with Gasteiger partial charge in [0.1, 0.15) is 0 Å². The molecule has 0 fully saturated rings. The van der Waals surface area contributed by atoms with E-state index >= 15 is 0 Å². The lowest BCUT2D eigenvalue weighted by atomic mass is 9.77. The third-order valence-electron chi connectivity index (χ3n) is 10.1. The second-order valence-corrected chi connectivity index (χ2v) is 13.1. The van der Waals surface area contributed by atoms with Crippen LogP contribution >= 0.6 is 0 Å². The van der Waals surface area contributed by atoms with Crippen molar-refractivity contribution in [1.82, 2.24) is 19.5 Å². The molecule has 0 aliphatic heterocycles. The van der Waals surface area contributed by atoms with E-state index in [4.69, 9.17) is 15.0 Å². The molecule has 2 aromatic heterocycles. The van der Waals surface area contributed by atoms with Crippen molar-refractivity contribution >= 4 is 27.4 Å². The number of allylic oxidation sites excluding steroid dienone is 2. The summed E-state index contributed by atoms with van der Waals surface area (Å²) >= 11 is 0. The van der Waals surface area contributed by atoms with Crippen LogP contribution in [0.2, 0.25) is 0 Å². The number of aromatic nitrogens is 4. The van der Waals surface area contributed by atoms with Gasteiger partial charge in [-0.05, 0) is 72.7 Å². The van der Waals surface area contributed by atoms with Gasteiger partial charge < -0.3 is 4.57 Å². The minimum absolute atomic E-state index is 0.0774. The van der Waals surface area contributed by atoms with Crippen molar-refractivity contribution in [2.24, 2.45) is 0 Å². The van der Waals surface area contributed by atoms with Crippen molar-refractivity contribution in [2.45, 2.75) is 44.9 Å². The lowest BCUT2D eigenvalue weighted by Gasteiger charge is -2.26. The molecular formula is C42H34N4. The molecule has 0 unspecified atom stereocenters. The molecule has 0 radical (unpaired) electrons. The van der Waals surface area contributed by atoms with E-state index in [0.29, 0.717) is 17.5 Å². The topological polar surface area (TPSA) is 43.6 Å². The van der Waals surface area contributed by atoms with Crippen molar-refractivity contribution in [1.29, 1.82) is 0 Å². The maximum Gasteiger partial charge on any atom is 0.164 e. The first-order chi connectivity index (χ1) is 22.6. The fourth-order valence-corrected chi connectivity index (χ4v) is 7.84. The Morgan fingerprint density at radius 2 is 1.15 bits per heavy atom. The number of benzene rings is 5. The molecule has 222 valence electrons. The van der Waals surface area contributed by atoms with Gasteiger partial charge >= 0.3 is 0 Å². The van der Waals surface area contributed by atoms with Gasteiger partial charge in [0.25, 0.3) is 0 Å². The number of fused-ring (bicyclic) bond motifs is 5. The van der Waals surface area contributed by atoms with Crippen LogP contribution in [-0.4, -0.2) is 19.5 Å². The highest BCUT2D eigenvalue weighted by Crippen LogP contribution is 2.53. The maximum atomic E-state index is 5.02. The Morgan fingerprint density at radius 3 is 1.87 bits per heavy atom. The Hall–Kier alpha value is -5.35. The largest absolute Gasteiger partial charge is 0.309 e. The fourth-order valence-electron chi connectivity index (χ4n) is 7.84. The van der Waals surface area contributed by atoms with Crippen LogP contribution in [0.5, 0.6) is 0 Å². The van der Waals surface area contributed by atoms with Crippen LogP contribution in [0.3, 0.4) is 0 Å². The normalized spacial score (nSPS) is 15.3. The summed E-state index contributed by atoms with van der Waals surface area (Å²) in [6, 6.07) is 42.8. The smallest absolute Gasteiger partial charge is 0.164 e. The summed E-state index contributed by atoms with van der Waals surface area (Å²) in [7, 11) is 0. The molecule has 0 saturated carbocycles. The highest BCUT2D eigenvalue weighted by atomic mass is 15.0. The van der Waals surface area contributed by atoms with E-state index in [0.717, 1.165) is 22.4 Å². The highest BCUT2D eigenvalue weighted by Gasteiger charge is 2.39. The van der Waals surface area contributed by atoms with Crippen LogP contribution < -0.4 is 0 Å². The molecule has 46 heavy (non-hydrogen) atoms. The number of hydrogen-bond donors (Lipinski definition) is 0. The Balaban J connectivity index is 1.25.